The van der Waals surface area contributed by atoms with Crippen LogP contribution < -0.4 is 0 Å². The molecule has 1 aromatic heterocycles. The first kappa shape index (κ1) is 15.3. The molecule has 0 aliphatic heterocycles. The Labute approximate surface area is 127 Å². The Morgan fingerprint density at radius 2 is 1.67 bits per heavy atom. The summed E-state index contributed by atoms with van der Waals surface area (Å²) in [5.41, 5.74) is 4.04. The van der Waals surface area contributed by atoms with Crippen LogP contribution in [0.15, 0.2) is 36.4 Å². The van der Waals surface area contributed by atoms with Crippen molar-refractivity contribution in [3.63, 3.8) is 0 Å². The van der Waals surface area contributed by atoms with Gasteiger partial charge in [0.15, 0.2) is 0 Å². The van der Waals surface area contributed by atoms with E-state index in [0.29, 0.717) is 5.69 Å². The molecule has 2 aromatic rings. The number of nitrogens with zero attached hydrogens (tertiary/aromatic N) is 2. The van der Waals surface area contributed by atoms with Crippen LogP contribution in [0.2, 0.25) is 0 Å². The number of aryl methyl sites for hydroxylation is 2. The van der Waals surface area contributed by atoms with Crippen LogP contribution >= 0.6 is 0 Å². The molecule has 2 heteroatoms. The molecule has 0 saturated carbocycles. The fourth-order valence-electron chi connectivity index (χ4n) is 2.11. The van der Waals surface area contributed by atoms with Crippen molar-refractivity contribution in [1.82, 2.24) is 10.2 Å². The van der Waals surface area contributed by atoms with Gasteiger partial charge in [-0.25, -0.2) is 0 Å². The molecule has 0 saturated heterocycles. The lowest BCUT2D eigenvalue weighted by atomic mass is 10.0. The van der Waals surface area contributed by atoms with Crippen LogP contribution in [0.5, 0.6) is 0 Å². The standard InChI is InChI=1S/C19H22N2/c1-3-4-5-6-7-17-9-11-18(12-10-17)13-15-19-14-8-16(2)20-21-19/h8-12,14H,3-7H2,1-2H3. The first-order chi connectivity index (χ1) is 10.3. The van der Waals surface area contributed by atoms with Crippen molar-refractivity contribution in [3.8, 4) is 11.8 Å². The topological polar surface area (TPSA) is 25.8 Å². The average Bonchev–Trinajstić information content (AvgIpc) is 2.52. The van der Waals surface area contributed by atoms with E-state index in [4.69, 9.17) is 0 Å². The molecule has 0 aliphatic rings. The first-order valence-electron chi connectivity index (χ1n) is 7.69. The van der Waals surface area contributed by atoms with E-state index in [1.54, 1.807) is 0 Å². The van der Waals surface area contributed by atoms with Crippen molar-refractivity contribution in [3.05, 3.63) is 58.9 Å². The molecule has 0 radical (unpaired) electrons. The van der Waals surface area contributed by atoms with E-state index in [-0.39, 0.29) is 0 Å². The van der Waals surface area contributed by atoms with Crippen LogP contribution in [-0.2, 0) is 6.42 Å². The molecule has 0 spiro atoms. The monoisotopic (exact) mass is 278 g/mol. The van der Waals surface area contributed by atoms with Crippen molar-refractivity contribution in [2.24, 2.45) is 0 Å². The SMILES string of the molecule is CCCCCCc1ccc(C#Cc2ccc(C)nn2)cc1. The molecule has 0 N–H and O–H groups in total. The maximum Gasteiger partial charge on any atom is 0.136 e. The van der Waals surface area contributed by atoms with Gasteiger partial charge in [0, 0.05) is 5.56 Å². The van der Waals surface area contributed by atoms with Crippen molar-refractivity contribution >= 4 is 0 Å². The van der Waals surface area contributed by atoms with E-state index in [1.807, 2.05) is 19.1 Å². The van der Waals surface area contributed by atoms with Crippen LogP contribution in [-0.4, -0.2) is 10.2 Å². The Bertz CT molecular complexity index is 601. The van der Waals surface area contributed by atoms with Crippen LogP contribution in [0.4, 0.5) is 0 Å². The Morgan fingerprint density at radius 1 is 0.857 bits per heavy atom. The number of hydrogen-bond acceptors (Lipinski definition) is 2. The average molecular weight is 278 g/mol. The minimum atomic E-state index is 0.712. The van der Waals surface area contributed by atoms with Gasteiger partial charge < -0.3 is 0 Å². The molecule has 0 bridgehead atoms. The Kier molecular flexibility index (Phi) is 5.97. The lowest BCUT2D eigenvalue weighted by Crippen LogP contribution is -1.89. The molecule has 2 rings (SSSR count). The number of unbranched alkanes of at least 4 members (excludes halogenated alkanes) is 3. The summed E-state index contributed by atoms with van der Waals surface area (Å²) in [7, 11) is 0. The van der Waals surface area contributed by atoms with Gasteiger partial charge in [-0.3, -0.25) is 0 Å². The van der Waals surface area contributed by atoms with Crippen LogP contribution in [0.25, 0.3) is 0 Å². The van der Waals surface area contributed by atoms with Crippen molar-refractivity contribution < 1.29 is 0 Å². The van der Waals surface area contributed by atoms with Crippen molar-refractivity contribution in [2.75, 3.05) is 0 Å². The highest BCUT2D eigenvalue weighted by Gasteiger charge is 1.94. The highest BCUT2D eigenvalue weighted by Crippen LogP contribution is 2.09. The summed E-state index contributed by atoms with van der Waals surface area (Å²) in [6.07, 6.45) is 6.39. The predicted octanol–water partition coefficient (Wildman–Crippen LogP) is 4.31. The Balaban J connectivity index is 1.92. The quantitative estimate of drug-likeness (QED) is 0.601. The van der Waals surface area contributed by atoms with Gasteiger partial charge >= 0.3 is 0 Å². The van der Waals surface area contributed by atoms with E-state index in [2.05, 4.69) is 53.2 Å². The lowest BCUT2D eigenvalue weighted by molar-refractivity contribution is 0.667. The zero-order valence-electron chi connectivity index (χ0n) is 12.9. The van der Waals surface area contributed by atoms with Crippen molar-refractivity contribution in [2.45, 2.75) is 46.0 Å². The molecule has 1 aromatic carbocycles. The number of hydrogen-bond donors (Lipinski definition) is 0. The highest BCUT2D eigenvalue weighted by atomic mass is 15.1. The van der Waals surface area contributed by atoms with Gasteiger partial charge in [0.05, 0.1) is 5.69 Å². The summed E-state index contributed by atoms with van der Waals surface area (Å²) in [6, 6.07) is 12.4. The largest absolute Gasteiger partial charge is 0.155 e. The van der Waals surface area contributed by atoms with Gasteiger partial charge in [0.2, 0.25) is 0 Å². The summed E-state index contributed by atoms with van der Waals surface area (Å²) < 4.78 is 0. The number of rotatable bonds is 5. The molecule has 108 valence electrons. The van der Waals surface area contributed by atoms with E-state index in [9.17, 15) is 0 Å². The highest BCUT2D eigenvalue weighted by molar-refractivity contribution is 5.40. The molecule has 0 unspecified atom stereocenters. The van der Waals surface area contributed by atoms with Gasteiger partial charge in [-0.05, 0) is 55.5 Å². The maximum absolute atomic E-state index is 4.05. The summed E-state index contributed by atoms with van der Waals surface area (Å²) in [5.74, 6) is 6.18. The molecular weight excluding hydrogens is 256 g/mol. The summed E-state index contributed by atoms with van der Waals surface area (Å²) in [4.78, 5) is 0. The lowest BCUT2D eigenvalue weighted by Gasteiger charge is -2.01. The second-order valence-electron chi connectivity index (χ2n) is 5.32. The molecule has 0 fully saturated rings. The third-order valence-corrected chi connectivity index (χ3v) is 3.41. The summed E-state index contributed by atoms with van der Waals surface area (Å²) in [5, 5.41) is 8.05. The molecule has 21 heavy (non-hydrogen) atoms. The zero-order valence-corrected chi connectivity index (χ0v) is 12.9. The van der Waals surface area contributed by atoms with E-state index in [0.717, 1.165) is 17.7 Å². The molecule has 2 nitrogen and oxygen atoms in total. The second kappa shape index (κ2) is 8.21. The van der Waals surface area contributed by atoms with Crippen LogP contribution in [0.1, 0.15) is 55.1 Å². The first-order valence-corrected chi connectivity index (χ1v) is 7.69. The second-order valence-corrected chi connectivity index (χ2v) is 5.32. The van der Waals surface area contributed by atoms with Crippen LogP contribution in [0, 0.1) is 18.8 Å². The van der Waals surface area contributed by atoms with Gasteiger partial charge in [-0.1, -0.05) is 44.2 Å². The molecule has 0 amide bonds. The minimum absolute atomic E-state index is 0.712. The molecule has 1 heterocycles. The maximum atomic E-state index is 4.05. The fraction of sp³-hybridized carbons (Fsp3) is 0.368. The number of benzene rings is 1. The summed E-state index contributed by atoms with van der Waals surface area (Å²) >= 11 is 0. The van der Waals surface area contributed by atoms with E-state index < -0.39 is 0 Å². The number of aromatic nitrogens is 2. The van der Waals surface area contributed by atoms with Crippen LogP contribution in [0.3, 0.4) is 0 Å². The van der Waals surface area contributed by atoms with E-state index in [1.165, 1.54) is 31.2 Å². The van der Waals surface area contributed by atoms with Gasteiger partial charge in [0.1, 0.15) is 5.69 Å². The van der Waals surface area contributed by atoms with Gasteiger partial charge in [-0.15, -0.1) is 5.10 Å². The third kappa shape index (κ3) is 5.39. The Hall–Kier alpha value is -2.14. The third-order valence-electron chi connectivity index (χ3n) is 3.41. The van der Waals surface area contributed by atoms with E-state index >= 15 is 0 Å². The molecule has 0 atom stereocenters. The Morgan fingerprint density at radius 3 is 2.33 bits per heavy atom. The normalized spacial score (nSPS) is 10.0. The molecule has 0 aliphatic carbocycles. The minimum Gasteiger partial charge on any atom is -0.155 e. The van der Waals surface area contributed by atoms with Gasteiger partial charge in [-0.2, -0.15) is 5.10 Å². The summed E-state index contributed by atoms with van der Waals surface area (Å²) in [6.45, 7) is 4.16. The van der Waals surface area contributed by atoms with Gasteiger partial charge in [0.25, 0.3) is 0 Å². The van der Waals surface area contributed by atoms with Crippen molar-refractivity contribution in [1.29, 1.82) is 0 Å². The zero-order chi connectivity index (χ0) is 14.9. The fourth-order valence-corrected chi connectivity index (χ4v) is 2.11. The molecular formula is C19H22N2. The predicted molar refractivity (Wildman–Crippen MR) is 87.0 cm³/mol. The smallest absolute Gasteiger partial charge is 0.136 e.